The van der Waals surface area contributed by atoms with Crippen molar-refractivity contribution in [3.05, 3.63) is 24.3 Å². The number of amides is 1. The van der Waals surface area contributed by atoms with Gasteiger partial charge >= 0.3 is 0 Å². The molecule has 2 rings (SSSR count). The Bertz CT molecular complexity index is 514. The van der Waals surface area contributed by atoms with Crippen LogP contribution >= 0.6 is 0 Å². The third kappa shape index (κ3) is 3.68. The van der Waals surface area contributed by atoms with Gasteiger partial charge in [-0.05, 0) is 18.8 Å². The summed E-state index contributed by atoms with van der Waals surface area (Å²) in [7, 11) is 4.64. The molecule has 0 fully saturated rings. The quantitative estimate of drug-likeness (QED) is 0.819. The second-order valence-corrected chi connectivity index (χ2v) is 4.93. The third-order valence-corrected chi connectivity index (χ3v) is 3.51. The van der Waals surface area contributed by atoms with Crippen molar-refractivity contribution in [3.8, 4) is 17.2 Å². The first-order valence-electron chi connectivity index (χ1n) is 6.94. The molecule has 0 spiro atoms. The van der Waals surface area contributed by atoms with Gasteiger partial charge in [0.25, 0.3) is 0 Å². The molecule has 1 aliphatic rings. The van der Waals surface area contributed by atoms with Crippen LogP contribution in [-0.2, 0) is 4.79 Å². The number of allylic oxidation sites excluding steroid dienone is 2. The maximum absolute atomic E-state index is 12.1. The minimum absolute atomic E-state index is 0.0131. The summed E-state index contributed by atoms with van der Waals surface area (Å²) < 4.78 is 15.8. The average molecular weight is 291 g/mol. The standard InChI is InChI=1S/C16H21NO4/c1-19-13-9-12(10-14(20-2)16(13)21-3)17-15(18)8-11-6-4-5-7-11/h4,6,9-11H,5,7-8H2,1-3H3,(H,17,18)/t11-/m0/s1. The Morgan fingerprint density at radius 3 is 2.33 bits per heavy atom. The molecule has 0 unspecified atom stereocenters. The maximum atomic E-state index is 12.1. The van der Waals surface area contributed by atoms with Gasteiger partial charge in [0.1, 0.15) is 0 Å². The monoisotopic (exact) mass is 291 g/mol. The van der Waals surface area contributed by atoms with E-state index in [-0.39, 0.29) is 5.91 Å². The lowest BCUT2D eigenvalue weighted by atomic mass is 10.1. The van der Waals surface area contributed by atoms with E-state index in [9.17, 15) is 4.79 Å². The first-order valence-corrected chi connectivity index (χ1v) is 6.94. The van der Waals surface area contributed by atoms with Crippen LogP contribution in [-0.4, -0.2) is 27.2 Å². The molecule has 0 saturated heterocycles. The molecule has 5 nitrogen and oxygen atoms in total. The van der Waals surface area contributed by atoms with E-state index in [2.05, 4.69) is 17.5 Å². The predicted molar refractivity (Wildman–Crippen MR) is 81.2 cm³/mol. The van der Waals surface area contributed by atoms with E-state index in [1.807, 2.05) is 0 Å². The van der Waals surface area contributed by atoms with Crippen molar-refractivity contribution in [3.63, 3.8) is 0 Å². The maximum Gasteiger partial charge on any atom is 0.224 e. The fourth-order valence-corrected chi connectivity index (χ4v) is 2.47. The van der Waals surface area contributed by atoms with Gasteiger partial charge < -0.3 is 19.5 Å². The number of hydrogen-bond donors (Lipinski definition) is 1. The number of methoxy groups -OCH3 is 3. The van der Waals surface area contributed by atoms with Gasteiger partial charge in [0.15, 0.2) is 11.5 Å². The largest absolute Gasteiger partial charge is 0.493 e. The number of anilines is 1. The molecule has 0 aromatic heterocycles. The van der Waals surface area contributed by atoms with E-state index >= 15 is 0 Å². The van der Waals surface area contributed by atoms with Crippen molar-refractivity contribution in [1.82, 2.24) is 0 Å². The van der Waals surface area contributed by atoms with E-state index < -0.39 is 0 Å². The molecule has 1 amide bonds. The summed E-state index contributed by atoms with van der Waals surface area (Å²) in [5.74, 6) is 1.88. The predicted octanol–water partition coefficient (Wildman–Crippen LogP) is 3.01. The van der Waals surface area contributed by atoms with E-state index in [4.69, 9.17) is 14.2 Å². The SMILES string of the molecule is COc1cc(NC(=O)C[C@H]2C=CCC2)cc(OC)c1OC. The Kier molecular flexibility index (Phi) is 5.09. The van der Waals surface area contributed by atoms with Gasteiger partial charge in [-0.2, -0.15) is 0 Å². The van der Waals surface area contributed by atoms with Gasteiger partial charge in [0.2, 0.25) is 11.7 Å². The van der Waals surface area contributed by atoms with Crippen LogP contribution in [0.15, 0.2) is 24.3 Å². The summed E-state index contributed by atoms with van der Waals surface area (Å²) in [6, 6.07) is 3.45. The molecule has 1 aliphatic carbocycles. The molecule has 5 heteroatoms. The van der Waals surface area contributed by atoms with Crippen LogP contribution in [0.2, 0.25) is 0 Å². The van der Waals surface area contributed by atoms with Gasteiger partial charge in [-0.25, -0.2) is 0 Å². The van der Waals surface area contributed by atoms with E-state index in [0.29, 0.717) is 35.3 Å². The van der Waals surface area contributed by atoms with Gasteiger partial charge in [-0.3, -0.25) is 4.79 Å². The lowest BCUT2D eigenvalue weighted by Gasteiger charge is -2.15. The molecular formula is C16H21NO4. The molecule has 0 bridgehead atoms. The van der Waals surface area contributed by atoms with Crippen LogP contribution in [0.5, 0.6) is 17.2 Å². The number of ether oxygens (including phenoxy) is 3. The second-order valence-electron chi connectivity index (χ2n) is 4.93. The van der Waals surface area contributed by atoms with Crippen molar-refractivity contribution in [2.45, 2.75) is 19.3 Å². The second kappa shape index (κ2) is 7.02. The van der Waals surface area contributed by atoms with Gasteiger partial charge in [-0.1, -0.05) is 12.2 Å². The highest BCUT2D eigenvalue weighted by atomic mass is 16.5. The van der Waals surface area contributed by atoms with Crippen molar-refractivity contribution >= 4 is 11.6 Å². The lowest BCUT2D eigenvalue weighted by Crippen LogP contribution is -2.15. The van der Waals surface area contributed by atoms with E-state index in [1.165, 1.54) is 0 Å². The molecule has 1 atom stereocenters. The Morgan fingerprint density at radius 1 is 1.19 bits per heavy atom. The van der Waals surface area contributed by atoms with Crippen molar-refractivity contribution in [2.75, 3.05) is 26.6 Å². The number of nitrogens with one attached hydrogen (secondary N) is 1. The fraction of sp³-hybridized carbons (Fsp3) is 0.438. The molecule has 0 aliphatic heterocycles. The number of rotatable bonds is 6. The first-order chi connectivity index (χ1) is 10.2. The topological polar surface area (TPSA) is 56.8 Å². The summed E-state index contributed by atoms with van der Waals surface area (Å²) >= 11 is 0. The number of hydrogen-bond acceptors (Lipinski definition) is 4. The summed E-state index contributed by atoms with van der Waals surface area (Å²) in [6.45, 7) is 0. The zero-order chi connectivity index (χ0) is 15.2. The van der Waals surface area contributed by atoms with Crippen LogP contribution in [0.25, 0.3) is 0 Å². The average Bonchev–Trinajstić information content (AvgIpc) is 2.98. The smallest absolute Gasteiger partial charge is 0.224 e. The minimum Gasteiger partial charge on any atom is -0.493 e. The molecule has 21 heavy (non-hydrogen) atoms. The Labute approximate surface area is 124 Å². The Balaban J connectivity index is 2.11. The zero-order valence-electron chi connectivity index (χ0n) is 12.6. The van der Waals surface area contributed by atoms with E-state index in [1.54, 1.807) is 33.5 Å². The lowest BCUT2D eigenvalue weighted by molar-refractivity contribution is -0.116. The summed E-state index contributed by atoms with van der Waals surface area (Å²) in [5.41, 5.74) is 0.636. The molecule has 1 N–H and O–H groups in total. The highest BCUT2D eigenvalue weighted by molar-refractivity contribution is 5.91. The highest BCUT2D eigenvalue weighted by Crippen LogP contribution is 2.40. The molecule has 114 valence electrons. The van der Waals surface area contributed by atoms with Crippen LogP contribution < -0.4 is 19.5 Å². The van der Waals surface area contributed by atoms with Crippen LogP contribution in [0.3, 0.4) is 0 Å². The van der Waals surface area contributed by atoms with E-state index in [0.717, 1.165) is 12.8 Å². The summed E-state index contributed by atoms with van der Waals surface area (Å²) in [5, 5.41) is 2.88. The molecular weight excluding hydrogens is 270 g/mol. The highest BCUT2D eigenvalue weighted by Gasteiger charge is 2.17. The van der Waals surface area contributed by atoms with Gasteiger partial charge in [0, 0.05) is 24.2 Å². The molecule has 0 radical (unpaired) electrons. The summed E-state index contributed by atoms with van der Waals surface area (Å²) in [4.78, 5) is 12.1. The van der Waals surface area contributed by atoms with Gasteiger partial charge in [0.05, 0.1) is 21.3 Å². The van der Waals surface area contributed by atoms with Crippen LogP contribution in [0.1, 0.15) is 19.3 Å². The number of carbonyl (C=O) groups is 1. The normalized spacial score (nSPS) is 16.6. The third-order valence-electron chi connectivity index (χ3n) is 3.51. The Hall–Kier alpha value is -2.17. The minimum atomic E-state index is -0.0131. The number of benzene rings is 1. The molecule has 1 aromatic carbocycles. The molecule has 1 aromatic rings. The van der Waals surface area contributed by atoms with Crippen LogP contribution in [0, 0.1) is 5.92 Å². The van der Waals surface area contributed by atoms with Crippen LogP contribution in [0.4, 0.5) is 5.69 Å². The number of carbonyl (C=O) groups excluding carboxylic acids is 1. The molecule has 0 saturated carbocycles. The Morgan fingerprint density at radius 2 is 1.86 bits per heavy atom. The zero-order valence-corrected chi connectivity index (χ0v) is 12.6. The van der Waals surface area contributed by atoms with Crippen molar-refractivity contribution < 1.29 is 19.0 Å². The van der Waals surface area contributed by atoms with Crippen molar-refractivity contribution in [1.29, 1.82) is 0 Å². The fourth-order valence-electron chi connectivity index (χ4n) is 2.47. The molecule has 0 heterocycles. The van der Waals surface area contributed by atoms with Gasteiger partial charge in [-0.15, -0.1) is 0 Å². The van der Waals surface area contributed by atoms with Crippen molar-refractivity contribution in [2.24, 2.45) is 5.92 Å². The summed E-state index contributed by atoms with van der Waals surface area (Å²) in [6.07, 6.45) is 6.82. The first kappa shape index (κ1) is 15.2.